The lowest BCUT2D eigenvalue weighted by atomic mass is 9.82. The Morgan fingerprint density at radius 3 is 2.88 bits per heavy atom. The number of nitrogens with one attached hydrogen (secondary N) is 1. The molecule has 1 atom stereocenters. The van der Waals surface area contributed by atoms with E-state index in [0.717, 1.165) is 32.2 Å². The first kappa shape index (κ1) is 11.2. The molecule has 1 N–H and O–H groups in total. The average Bonchev–Trinajstić information content (AvgIpc) is 2.40. The first-order valence-electron chi connectivity index (χ1n) is 6.80. The van der Waals surface area contributed by atoms with E-state index in [1.807, 2.05) is 0 Å². The van der Waals surface area contributed by atoms with Crippen molar-refractivity contribution in [1.82, 2.24) is 5.32 Å². The molecule has 1 saturated heterocycles. The Hall–Kier alpha value is -0.860. The van der Waals surface area contributed by atoms with Crippen LogP contribution in [0.1, 0.15) is 36.3 Å². The lowest BCUT2D eigenvalue weighted by Crippen LogP contribution is -2.30. The summed E-state index contributed by atoms with van der Waals surface area (Å²) >= 11 is 0. The van der Waals surface area contributed by atoms with Gasteiger partial charge in [-0.1, -0.05) is 24.3 Å². The van der Waals surface area contributed by atoms with Gasteiger partial charge in [-0.05, 0) is 42.2 Å². The Bertz CT molecular complexity index is 371. The molecule has 3 rings (SSSR count). The Labute approximate surface area is 103 Å². The Balaban J connectivity index is 1.71. The summed E-state index contributed by atoms with van der Waals surface area (Å²) in [5, 5.41) is 3.55. The van der Waals surface area contributed by atoms with Crippen LogP contribution in [0.15, 0.2) is 24.3 Å². The number of benzene rings is 1. The molecule has 0 saturated carbocycles. The fourth-order valence-electron chi connectivity index (χ4n) is 3.18. The summed E-state index contributed by atoms with van der Waals surface area (Å²) in [7, 11) is 0. The summed E-state index contributed by atoms with van der Waals surface area (Å²) in [6.07, 6.45) is 3.82. The molecule has 2 nitrogen and oxygen atoms in total. The average molecular weight is 231 g/mol. The maximum absolute atomic E-state index is 5.44. The minimum atomic E-state index is 0.711. The number of hydrogen-bond acceptors (Lipinski definition) is 2. The highest BCUT2D eigenvalue weighted by Gasteiger charge is 2.24. The molecule has 2 heteroatoms. The van der Waals surface area contributed by atoms with Crippen molar-refractivity contribution in [2.75, 3.05) is 19.8 Å². The largest absolute Gasteiger partial charge is 0.381 e. The maximum atomic E-state index is 5.44. The zero-order valence-electron chi connectivity index (χ0n) is 10.3. The Kier molecular flexibility index (Phi) is 3.44. The van der Waals surface area contributed by atoms with E-state index in [2.05, 4.69) is 29.6 Å². The molecule has 2 heterocycles. The van der Waals surface area contributed by atoms with E-state index in [4.69, 9.17) is 4.74 Å². The van der Waals surface area contributed by atoms with Crippen molar-refractivity contribution < 1.29 is 4.74 Å². The van der Waals surface area contributed by atoms with Gasteiger partial charge >= 0.3 is 0 Å². The van der Waals surface area contributed by atoms with Crippen LogP contribution in [-0.2, 0) is 11.3 Å². The Morgan fingerprint density at radius 2 is 2.00 bits per heavy atom. The number of rotatable bonds is 2. The minimum Gasteiger partial charge on any atom is -0.381 e. The number of hydrogen-bond donors (Lipinski definition) is 1. The van der Waals surface area contributed by atoms with Gasteiger partial charge in [0.2, 0.25) is 0 Å². The lowest BCUT2D eigenvalue weighted by molar-refractivity contribution is 0.0614. The second-order valence-electron chi connectivity index (χ2n) is 5.32. The van der Waals surface area contributed by atoms with Gasteiger partial charge in [-0.2, -0.15) is 0 Å². The van der Waals surface area contributed by atoms with Crippen molar-refractivity contribution in [1.29, 1.82) is 0 Å². The van der Waals surface area contributed by atoms with E-state index in [0.29, 0.717) is 5.92 Å². The van der Waals surface area contributed by atoms with Gasteiger partial charge in [-0.15, -0.1) is 0 Å². The SMILES string of the molecule is c1ccc2c(c1)CNCC2CC1CCOCC1. The third kappa shape index (κ3) is 2.53. The lowest BCUT2D eigenvalue weighted by Gasteiger charge is -2.31. The van der Waals surface area contributed by atoms with Crippen LogP contribution in [0.3, 0.4) is 0 Å². The van der Waals surface area contributed by atoms with E-state index in [-0.39, 0.29) is 0 Å². The van der Waals surface area contributed by atoms with Crippen molar-refractivity contribution in [3.8, 4) is 0 Å². The molecule has 92 valence electrons. The first-order chi connectivity index (χ1) is 8.43. The van der Waals surface area contributed by atoms with Gasteiger partial charge in [0.25, 0.3) is 0 Å². The Morgan fingerprint density at radius 1 is 1.18 bits per heavy atom. The van der Waals surface area contributed by atoms with E-state index in [9.17, 15) is 0 Å². The monoisotopic (exact) mass is 231 g/mol. The highest BCUT2D eigenvalue weighted by atomic mass is 16.5. The van der Waals surface area contributed by atoms with Crippen molar-refractivity contribution in [2.45, 2.75) is 31.7 Å². The highest BCUT2D eigenvalue weighted by molar-refractivity contribution is 5.32. The van der Waals surface area contributed by atoms with Crippen molar-refractivity contribution in [3.05, 3.63) is 35.4 Å². The molecule has 1 aromatic rings. The van der Waals surface area contributed by atoms with Crippen LogP contribution in [0.25, 0.3) is 0 Å². The van der Waals surface area contributed by atoms with Crippen molar-refractivity contribution >= 4 is 0 Å². The number of fused-ring (bicyclic) bond motifs is 1. The van der Waals surface area contributed by atoms with Gasteiger partial charge in [0.05, 0.1) is 0 Å². The molecule has 0 aromatic heterocycles. The number of ether oxygens (including phenoxy) is 1. The zero-order chi connectivity index (χ0) is 11.5. The minimum absolute atomic E-state index is 0.711. The third-order valence-electron chi connectivity index (χ3n) is 4.16. The summed E-state index contributed by atoms with van der Waals surface area (Å²) in [5.74, 6) is 1.57. The fraction of sp³-hybridized carbons (Fsp3) is 0.600. The van der Waals surface area contributed by atoms with Crippen LogP contribution in [0.4, 0.5) is 0 Å². The van der Waals surface area contributed by atoms with E-state index < -0.39 is 0 Å². The molecular formula is C15H21NO. The summed E-state index contributed by atoms with van der Waals surface area (Å²) in [6.45, 7) is 4.12. The zero-order valence-corrected chi connectivity index (χ0v) is 10.3. The molecule has 1 fully saturated rings. The maximum Gasteiger partial charge on any atom is 0.0468 e. The molecule has 0 amide bonds. The van der Waals surface area contributed by atoms with Gasteiger partial charge in [0, 0.05) is 26.3 Å². The van der Waals surface area contributed by atoms with Crippen molar-refractivity contribution in [2.24, 2.45) is 5.92 Å². The molecule has 0 spiro atoms. The van der Waals surface area contributed by atoms with Crippen LogP contribution < -0.4 is 5.32 Å². The second kappa shape index (κ2) is 5.19. The highest BCUT2D eigenvalue weighted by Crippen LogP contribution is 2.32. The summed E-state index contributed by atoms with van der Waals surface area (Å²) in [4.78, 5) is 0. The molecule has 0 aliphatic carbocycles. The summed E-state index contributed by atoms with van der Waals surface area (Å²) < 4.78 is 5.44. The molecular weight excluding hydrogens is 210 g/mol. The topological polar surface area (TPSA) is 21.3 Å². The third-order valence-corrected chi connectivity index (χ3v) is 4.16. The predicted molar refractivity (Wildman–Crippen MR) is 69.0 cm³/mol. The molecule has 2 aliphatic rings. The summed E-state index contributed by atoms with van der Waals surface area (Å²) in [6, 6.07) is 8.91. The molecule has 2 aliphatic heterocycles. The fourth-order valence-corrected chi connectivity index (χ4v) is 3.18. The van der Waals surface area contributed by atoms with E-state index >= 15 is 0 Å². The van der Waals surface area contributed by atoms with Crippen LogP contribution in [0.5, 0.6) is 0 Å². The van der Waals surface area contributed by atoms with Crippen LogP contribution in [0, 0.1) is 5.92 Å². The van der Waals surface area contributed by atoms with Gasteiger partial charge in [0.15, 0.2) is 0 Å². The van der Waals surface area contributed by atoms with Gasteiger partial charge in [0.1, 0.15) is 0 Å². The van der Waals surface area contributed by atoms with Crippen molar-refractivity contribution in [3.63, 3.8) is 0 Å². The van der Waals surface area contributed by atoms with Gasteiger partial charge < -0.3 is 10.1 Å². The van der Waals surface area contributed by atoms with E-state index in [1.54, 1.807) is 5.56 Å². The normalized spacial score (nSPS) is 25.5. The molecule has 1 aromatic carbocycles. The van der Waals surface area contributed by atoms with Gasteiger partial charge in [-0.3, -0.25) is 0 Å². The van der Waals surface area contributed by atoms with Gasteiger partial charge in [-0.25, -0.2) is 0 Å². The summed E-state index contributed by atoms with van der Waals surface area (Å²) in [5.41, 5.74) is 3.08. The van der Waals surface area contributed by atoms with Crippen LogP contribution >= 0.6 is 0 Å². The quantitative estimate of drug-likeness (QED) is 0.845. The molecule has 1 unspecified atom stereocenters. The smallest absolute Gasteiger partial charge is 0.0468 e. The standard InChI is InChI=1S/C15H21NO/c1-2-4-15-13(3-1)10-16-11-14(15)9-12-5-7-17-8-6-12/h1-4,12,14,16H,5-11H2. The van der Waals surface area contributed by atoms with Crippen LogP contribution in [0.2, 0.25) is 0 Å². The second-order valence-corrected chi connectivity index (χ2v) is 5.32. The van der Waals surface area contributed by atoms with E-state index in [1.165, 1.54) is 24.8 Å². The molecule has 0 radical (unpaired) electrons. The predicted octanol–water partition coefficient (Wildman–Crippen LogP) is 2.69. The first-order valence-corrected chi connectivity index (χ1v) is 6.80. The molecule has 0 bridgehead atoms. The van der Waals surface area contributed by atoms with Crippen LogP contribution in [-0.4, -0.2) is 19.8 Å². The molecule has 17 heavy (non-hydrogen) atoms.